The lowest BCUT2D eigenvalue weighted by atomic mass is 10.0. The molecule has 13 heteroatoms. The van der Waals surface area contributed by atoms with Crippen molar-refractivity contribution in [3.8, 4) is 0 Å². The topological polar surface area (TPSA) is 126 Å². The fourth-order valence-electron chi connectivity index (χ4n) is 4.53. The number of fused-ring (bicyclic) bond motifs is 1. The van der Waals surface area contributed by atoms with Crippen LogP contribution >= 0.6 is 19.3 Å². The summed E-state index contributed by atoms with van der Waals surface area (Å²) in [6.45, 7) is 3.41. The van der Waals surface area contributed by atoms with Crippen molar-refractivity contribution in [1.82, 2.24) is 14.3 Å². The summed E-state index contributed by atoms with van der Waals surface area (Å²) < 4.78 is 35.8. The average Bonchev–Trinajstić information content (AvgIpc) is 3.09. The van der Waals surface area contributed by atoms with E-state index in [-0.39, 0.29) is 18.7 Å². The van der Waals surface area contributed by atoms with E-state index in [0.717, 1.165) is 0 Å². The predicted octanol–water partition coefficient (Wildman–Crippen LogP) is 3.64. The van der Waals surface area contributed by atoms with E-state index >= 15 is 0 Å². The molecule has 0 spiro atoms. The first-order valence-corrected chi connectivity index (χ1v) is 14.4. The minimum atomic E-state index is -3.64. The van der Waals surface area contributed by atoms with Gasteiger partial charge in [0.2, 0.25) is 5.90 Å². The zero-order chi connectivity index (χ0) is 26.5. The molecule has 3 aliphatic heterocycles. The van der Waals surface area contributed by atoms with Gasteiger partial charge >= 0.3 is 13.6 Å². The Kier molecular flexibility index (Phi) is 8.52. The van der Waals surface area contributed by atoms with E-state index in [1.54, 1.807) is 39.8 Å². The van der Waals surface area contributed by atoms with Crippen LogP contribution in [0, 0.1) is 0 Å². The lowest BCUT2D eigenvalue weighted by molar-refractivity contribution is -0.137. The third kappa shape index (κ3) is 5.98. The highest BCUT2D eigenvalue weighted by Gasteiger charge is 2.44. The molecule has 202 valence electrons. The molecule has 0 amide bonds. The van der Waals surface area contributed by atoms with E-state index in [4.69, 9.17) is 35.6 Å². The van der Waals surface area contributed by atoms with Gasteiger partial charge in [0.1, 0.15) is 6.04 Å². The number of morpholine rings is 2. The standard InChI is InChI=1S/C25H29ClN5O6P/c26-18-4-5-20-19(17-18)24(21-3-1-2-8-27-21)28-22(6-7-23(32)33)25(29-20)37-38(34,30-9-13-35-14-10-30)31-11-15-36-16-12-31/h1-5,8,17,22H,6-7,9-16H2,(H,32,33). The average molecular weight is 562 g/mol. The first-order chi connectivity index (χ1) is 18.4. The number of carboxylic acid groups (broad SMARTS) is 1. The number of carbonyl (C=O) groups is 1. The number of hydrogen-bond acceptors (Lipinski definition) is 8. The van der Waals surface area contributed by atoms with Crippen molar-refractivity contribution in [2.24, 2.45) is 9.98 Å². The van der Waals surface area contributed by atoms with E-state index in [1.807, 2.05) is 12.1 Å². The molecule has 11 nitrogen and oxygen atoms in total. The second kappa shape index (κ2) is 12.0. The van der Waals surface area contributed by atoms with E-state index in [0.29, 0.717) is 80.3 Å². The highest BCUT2D eigenvalue weighted by Crippen LogP contribution is 2.55. The molecule has 4 heterocycles. The monoisotopic (exact) mass is 561 g/mol. The SMILES string of the molecule is O=C(O)CCC1N=C(c2ccccn2)c2cc(Cl)ccc2N=C1OP(=O)(N1CCOCC1)N1CCOCC1. The summed E-state index contributed by atoms with van der Waals surface area (Å²) in [5.74, 6) is -0.879. The molecule has 1 unspecified atom stereocenters. The molecule has 5 rings (SSSR count). The molecule has 0 radical (unpaired) electrons. The van der Waals surface area contributed by atoms with Gasteiger partial charge < -0.3 is 19.1 Å². The zero-order valence-corrected chi connectivity index (χ0v) is 22.4. The number of hydrogen-bond donors (Lipinski definition) is 1. The van der Waals surface area contributed by atoms with Gasteiger partial charge in [-0.2, -0.15) is 0 Å². The summed E-state index contributed by atoms with van der Waals surface area (Å²) in [6.07, 6.45) is 1.57. The minimum absolute atomic E-state index is 0.0957. The molecule has 38 heavy (non-hydrogen) atoms. The van der Waals surface area contributed by atoms with Crippen LogP contribution in [0.1, 0.15) is 24.1 Å². The molecule has 2 fully saturated rings. The fourth-order valence-corrected chi connectivity index (χ4v) is 7.04. The maximum absolute atomic E-state index is 14.7. The molecular formula is C25H29ClN5O6P. The molecule has 3 aliphatic rings. The van der Waals surface area contributed by atoms with Gasteiger partial charge in [-0.1, -0.05) is 17.7 Å². The van der Waals surface area contributed by atoms with Gasteiger partial charge in [0.25, 0.3) is 0 Å². The molecular weight excluding hydrogens is 533 g/mol. The van der Waals surface area contributed by atoms with E-state index in [1.165, 1.54) is 0 Å². The van der Waals surface area contributed by atoms with Gasteiger partial charge in [0.05, 0.1) is 43.5 Å². The highest BCUT2D eigenvalue weighted by atomic mass is 35.5. The molecule has 1 N–H and O–H groups in total. The summed E-state index contributed by atoms with van der Waals surface area (Å²) in [4.78, 5) is 25.8. The number of aromatic nitrogens is 1. The predicted molar refractivity (Wildman–Crippen MR) is 143 cm³/mol. The Morgan fingerprint density at radius 3 is 2.37 bits per heavy atom. The van der Waals surface area contributed by atoms with Gasteiger partial charge in [0.15, 0.2) is 0 Å². The minimum Gasteiger partial charge on any atom is -0.481 e. The Morgan fingerprint density at radius 1 is 1.08 bits per heavy atom. The number of nitrogens with zero attached hydrogens (tertiary/aromatic N) is 5. The normalized spacial score (nSPS) is 21.1. The van der Waals surface area contributed by atoms with E-state index in [9.17, 15) is 14.5 Å². The zero-order valence-electron chi connectivity index (χ0n) is 20.7. The third-order valence-electron chi connectivity index (χ3n) is 6.46. The molecule has 0 bridgehead atoms. The summed E-state index contributed by atoms with van der Waals surface area (Å²) in [7, 11) is -3.64. The molecule has 1 aromatic carbocycles. The maximum atomic E-state index is 14.7. The van der Waals surface area contributed by atoms with Gasteiger partial charge in [-0.05, 0) is 36.8 Å². The number of aliphatic carboxylic acids is 1. The van der Waals surface area contributed by atoms with Crippen LogP contribution in [0.2, 0.25) is 5.02 Å². The molecule has 0 aliphatic carbocycles. The van der Waals surface area contributed by atoms with E-state index < -0.39 is 19.7 Å². The van der Waals surface area contributed by atoms with Crippen LogP contribution in [-0.4, -0.2) is 95.7 Å². The molecule has 0 saturated carbocycles. The Morgan fingerprint density at radius 2 is 1.76 bits per heavy atom. The van der Waals surface area contributed by atoms with Crippen molar-refractivity contribution in [3.05, 3.63) is 58.9 Å². The smallest absolute Gasteiger partial charge is 0.397 e. The van der Waals surface area contributed by atoms with Crippen LogP contribution in [0.3, 0.4) is 0 Å². The van der Waals surface area contributed by atoms with Crippen molar-refractivity contribution in [3.63, 3.8) is 0 Å². The molecule has 1 atom stereocenters. The number of halogens is 1. The molecule has 2 saturated heterocycles. The largest absolute Gasteiger partial charge is 0.481 e. The first kappa shape index (κ1) is 26.9. The van der Waals surface area contributed by atoms with Crippen LogP contribution < -0.4 is 0 Å². The van der Waals surface area contributed by atoms with Crippen LogP contribution in [0.15, 0.2) is 52.6 Å². The Balaban J connectivity index is 1.61. The highest BCUT2D eigenvalue weighted by molar-refractivity contribution is 7.54. The second-order valence-corrected chi connectivity index (χ2v) is 11.7. The first-order valence-electron chi connectivity index (χ1n) is 12.5. The number of ether oxygens (including phenoxy) is 2. The van der Waals surface area contributed by atoms with Crippen LogP contribution in [0.25, 0.3) is 0 Å². The number of pyridine rings is 1. The lowest BCUT2D eigenvalue weighted by Gasteiger charge is -2.41. The molecule has 2 aromatic rings. The fraction of sp³-hybridized carbons (Fsp3) is 0.440. The van der Waals surface area contributed by atoms with Crippen molar-refractivity contribution in [1.29, 1.82) is 0 Å². The third-order valence-corrected chi connectivity index (χ3v) is 9.35. The number of rotatable bonds is 7. The van der Waals surface area contributed by atoms with Crippen LogP contribution in [-0.2, 0) is 23.4 Å². The number of benzene rings is 1. The Hall–Kier alpha value is -2.66. The lowest BCUT2D eigenvalue weighted by Crippen LogP contribution is -2.44. The Bertz CT molecular complexity index is 1240. The summed E-state index contributed by atoms with van der Waals surface area (Å²) in [5, 5.41) is 9.96. The van der Waals surface area contributed by atoms with Crippen molar-refractivity contribution in [2.45, 2.75) is 18.9 Å². The van der Waals surface area contributed by atoms with Gasteiger partial charge in [-0.25, -0.2) is 18.9 Å². The number of carboxylic acids is 1. The van der Waals surface area contributed by atoms with Crippen LogP contribution in [0.4, 0.5) is 5.69 Å². The quantitative estimate of drug-likeness (QED) is 0.504. The van der Waals surface area contributed by atoms with E-state index in [2.05, 4.69) is 4.98 Å². The summed E-state index contributed by atoms with van der Waals surface area (Å²) in [6, 6.07) is 9.84. The van der Waals surface area contributed by atoms with Crippen molar-refractivity contribution < 1.29 is 28.5 Å². The van der Waals surface area contributed by atoms with Crippen LogP contribution in [0.5, 0.6) is 0 Å². The van der Waals surface area contributed by atoms with Gasteiger partial charge in [0, 0.05) is 49.4 Å². The van der Waals surface area contributed by atoms with Gasteiger partial charge in [-0.15, -0.1) is 0 Å². The second-order valence-electron chi connectivity index (χ2n) is 8.97. The molecule has 1 aromatic heterocycles. The van der Waals surface area contributed by atoms with Crippen molar-refractivity contribution in [2.75, 3.05) is 52.6 Å². The number of aliphatic imine (C=N–C) groups is 2. The summed E-state index contributed by atoms with van der Waals surface area (Å²) >= 11 is 6.35. The van der Waals surface area contributed by atoms with Crippen molar-refractivity contribution >= 4 is 42.5 Å². The summed E-state index contributed by atoms with van der Waals surface area (Å²) in [5.41, 5.74) is 2.23. The Labute approximate surface area is 225 Å². The maximum Gasteiger partial charge on any atom is 0.397 e. The van der Waals surface area contributed by atoms with Gasteiger partial charge in [-0.3, -0.25) is 14.8 Å².